The molecule has 0 aliphatic rings. The first-order valence-electron chi connectivity index (χ1n) is 5.57. The minimum atomic E-state index is -1.15. The molecular formula is C11H20O5Si. The Morgan fingerprint density at radius 1 is 1.12 bits per heavy atom. The van der Waals surface area contributed by atoms with Crippen LogP contribution in [-0.4, -0.2) is 35.2 Å². The van der Waals surface area contributed by atoms with Crippen LogP contribution in [0.2, 0.25) is 0 Å². The summed E-state index contributed by atoms with van der Waals surface area (Å²) in [4.78, 5) is 21.4. The Morgan fingerprint density at radius 2 is 1.76 bits per heavy atom. The number of hydrogen-bond acceptors (Lipinski definition) is 5. The van der Waals surface area contributed by atoms with Gasteiger partial charge in [-0.2, -0.15) is 0 Å². The number of carbonyl (C=O) groups is 2. The van der Waals surface area contributed by atoms with Crippen LogP contribution in [0.3, 0.4) is 0 Å². The van der Waals surface area contributed by atoms with Crippen molar-refractivity contribution in [1.82, 2.24) is 0 Å². The molecule has 0 N–H and O–H groups in total. The molecule has 6 heteroatoms. The van der Waals surface area contributed by atoms with Gasteiger partial charge in [0, 0.05) is 19.1 Å². The Bertz CT molecular complexity index is 265. The first-order valence-corrected chi connectivity index (χ1v) is 6.73. The molecule has 0 aromatic carbocycles. The molecule has 0 saturated carbocycles. The number of rotatable bonds is 9. The van der Waals surface area contributed by atoms with Gasteiger partial charge in [0.25, 0.3) is 5.97 Å². The first kappa shape index (κ1) is 15.9. The van der Waals surface area contributed by atoms with Gasteiger partial charge >= 0.3 is 16.0 Å². The van der Waals surface area contributed by atoms with Crippen LogP contribution in [0.25, 0.3) is 0 Å². The molecule has 0 rings (SSSR count). The van der Waals surface area contributed by atoms with E-state index in [1.54, 1.807) is 6.92 Å². The molecule has 0 saturated heterocycles. The molecular weight excluding hydrogens is 240 g/mol. The molecule has 0 atom stereocenters. The van der Waals surface area contributed by atoms with Gasteiger partial charge < -0.3 is 13.6 Å². The van der Waals surface area contributed by atoms with E-state index in [1.807, 2.05) is 0 Å². The summed E-state index contributed by atoms with van der Waals surface area (Å²) in [6, 6.07) is 0. The maximum atomic E-state index is 11.0. The average molecular weight is 260 g/mol. The van der Waals surface area contributed by atoms with Gasteiger partial charge in [-0.15, -0.1) is 0 Å². The predicted octanol–water partition coefficient (Wildman–Crippen LogP) is 0.854. The standard InChI is InChI=1S/C11H20O5Si/c1-9(2)11(13)14-7-5-4-6-8-15-17-16-10(3)12/h1,4-8,17H2,2-3H3. The van der Waals surface area contributed by atoms with Crippen molar-refractivity contribution in [3.05, 3.63) is 12.2 Å². The van der Waals surface area contributed by atoms with Crippen molar-refractivity contribution in [1.29, 1.82) is 0 Å². The van der Waals surface area contributed by atoms with Crippen LogP contribution in [0.5, 0.6) is 0 Å². The van der Waals surface area contributed by atoms with Gasteiger partial charge in [0.1, 0.15) is 0 Å². The van der Waals surface area contributed by atoms with E-state index in [4.69, 9.17) is 13.6 Å². The molecule has 0 heterocycles. The lowest BCUT2D eigenvalue weighted by atomic mass is 10.2. The smallest absolute Gasteiger partial charge is 0.369 e. The number of hydrogen-bond donors (Lipinski definition) is 0. The third-order valence-electron chi connectivity index (χ3n) is 1.86. The highest BCUT2D eigenvalue weighted by Crippen LogP contribution is 1.99. The number of ether oxygens (including phenoxy) is 1. The molecule has 0 radical (unpaired) electrons. The molecule has 0 aliphatic carbocycles. The first-order chi connectivity index (χ1) is 8.04. The fourth-order valence-electron chi connectivity index (χ4n) is 0.955. The van der Waals surface area contributed by atoms with Crippen molar-refractivity contribution in [3.63, 3.8) is 0 Å². The zero-order chi connectivity index (χ0) is 13.1. The molecule has 0 aromatic heterocycles. The van der Waals surface area contributed by atoms with Gasteiger partial charge in [-0.05, 0) is 26.2 Å². The van der Waals surface area contributed by atoms with Crippen molar-refractivity contribution in [2.75, 3.05) is 13.2 Å². The van der Waals surface area contributed by atoms with E-state index in [0.29, 0.717) is 18.8 Å². The predicted molar refractivity (Wildman–Crippen MR) is 65.9 cm³/mol. The fourth-order valence-corrected chi connectivity index (χ4v) is 1.53. The second-order valence-electron chi connectivity index (χ2n) is 3.64. The van der Waals surface area contributed by atoms with Crippen LogP contribution in [0.4, 0.5) is 0 Å². The molecule has 0 aliphatic heterocycles. The van der Waals surface area contributed by atoms with E-state index in [9.17, 15) is 9.59 Å². The van der Waals surface area contributed by atoms with Gasteiger partial charge in [-0.1, -0.05) is 6.58 Å². The van der Waals surface area contributed by atoms with Crippen molar-refractivity contribution >= 4 is 21.9 Å². The van der Waals surface area contributed by atoms with Crippen molar-refractivity contribution in [3.8, 4) is 0 Å². The molecule has 98 valence electrons. The Kier molecular flexibility index (Phi) is 9.36. The van der Waals surface area contributed by atoms with Gasteiger partial charge in [0.15, 0.2) is 0 Å². The molecule has 0 amide bonds. The molecule has 0 bridgehead atoms. The fraction of sp³-hybridized carbons (Fsp3) is 0.636. The van der Waals surface area contributed by atoms with Crippen LogP contribution in [-0.2, 0) is 23.2 Å². The van der Waals surface area contributed by atoms with Gasteiger partial charge in [-0.3, -0.25) is 4.79 Å². The van der Waals surface area contributed by atoms with Gasteiger partial charge in [-0.25, -0.2) is 4.79 Å². The highest BCUT2D eigenvalue weighted by molar-refractivity contribution is 6.22. The average Bonchev–Trinajstić information content (AvgIpc) is 2.25. The van der Waals surface area contributed by atoms with Crippen molar-refractivity contribution < 1.29 is 23.2 Å². The van der Waals surface area contributed by atoms with E-state index >= 15 is 0 Å². The second-order valence-corrected chi connectivity index (χ2v) is 4.57. The van der Waals surface area contributed by atoms with Crippen LogP contribution < -0.4 is 0 Å². The lowest BCUT2D eigenvalue weighted by molar-refractivity contribution is -0.139. The third-order valence-corrected chi connectivity index (χ3v) is 2.84. The van der Waals surface area contributed by atoms with Crippen molar-refractivity contribution in [2.24, 2.45) is 0 Å². The molecule has 17 heavy (non-hydrogen) atoms. The van der Waals surface area contributed by atoms with Gasteiger partial charge in [0.05, 0.1) is 6.61 Å². The summed E-state index contributed by atoms with van der Waals surface area (Å²) in [7, 11) is -1.15. The zero-order valence-corrected chi connectivity index (χ0v) is 11.9. The maximum absolute atomic E-state index is 11.0. The monoisotopic (exact) mass is 260 g/mol. The lowest BCUT2D eigenvalue weighted by Gasteiger charge is -2.05. The highest BCUT2D eigenvalue weighted by Gasteiger charge is 2.01. The molecule has 5 nitrogen and oxygen atoms in total. The number of esters is 1. The summed E-state index contributed by atoms with van der Waals surface area (Å²) in [5.74, 6) is -0.633. The lowest BCUT2D eigenvalue weighted by Crippen LogP contribution is -2.10. The summed E-state index contributed by atoms with van der Waals surface area (Å²) in [6.45, 7) is 7.48. The number of carbonyl (C=O) groups excluding carboxylic acids is 2. The number of unbranched alkanes of at least 4 members (excludes halogenated alkanes) is 2. The van der Waals surface area contributed by atoms with E-state index < -0.39 is 10.0 Å². The van der Waals surface area contributed by atoms with Crippen LogP contribution in [0, 0.1) is 0 Å². The van der Waals surface area contributed by atoms with Crippen LogP contribution in [0.15, 0.2) is 12.2 Å². The molecule has 0 aromatic rings. The van der Waals surface area contributed by atoms with Crippen LogP contribution in [0.1, 0.15) is 33.1 Å². The van der Waals surface area contributed by atoms with E-state index in [2.05, 4.69) is 6.58 Å². The summed E-state index contributed by atoms with van der Waals surface area (Å²) >= 11 is 0. The van der Waals surface area contributed by atoms with E-state index in [0.717, 1.165) is 19.3 Å². The second kappa shape index (κ2) is 10.0. The third kappa shape index (κ3) is 11.1. The summed E-state index contributed by atoms with van der Waals surface area (Å²) < 4.78 is 14.8. The molecule has 0 fully saturated rings. The van der Waals surface area contributed by atoms with E-state index in [1.165, 1.54) is 6.92 Å². The quantitative estimate of drug-likeness (QED) is 0.266. The van der Waals surface area contributed by atoms with Crippen LogP contribution >= 0.6 is 0 Å². The minimum Gasteiger partial charge on any atom is -0.499 e. The normalized spacial score (nSPS) is 10.5. The van der Waals surface area contributed by atoms with Gasteiger partial charge in [0.2, 0.25) is 0 Å². The maximum Gasteiger partial charge on any atom is 0.369 e. The topological polar surface area (TPSA) is 61.8 Å². The largest absolute Gasteiger partial charge is 0.499 e. The molecule has 0 spiro atoms. The van der Waals surface area contributed by atoms with Crippen molar-refractivity contribution in [2.45, 2.75) is 33.1 Å². The summed E-state index contributed by atoms with van der Waals surface area (Å²) in [6.07, 6.45) is 2.59. The Balaban J connectivity index is 3.16. The summed E-state index contributed by atoms with van der Waals surface area (Å²) in [5.41, 5.74) is 0.417. The Hall–Kier alpha value is -1.14. The Morgan fingerprint density at radius 3 is 2.35 bits per heavy atom. The minimum absolute atomic E-state index is 0.289. The SMILES string of the molecule is C=C(C)C(=O)OCCCCCO[SiH2]OC(C)=O. The van der Waals surface area contributed by atoms with E-state index in [-0.39, 0.29) is 11.9 Å². The summed E-state index contributed by atoms with van der Waals surface area (Å²) in [5, 5.41) is 0. The Labute approximate surface area is 104 Å². The molecule has 0 unspecified atom stereocenters. The zero-order valence-electron chi connectivity index (χ0n) is 10.5. The highest BCUT2D eigenvalue weighted by atomic mass is 28.3.